The fraction of sp³-hybridized carbons (Fsp3) is 0.182. The molecule has 33 heavy (non-hydrogen) atoms. The number of hydrogen-bond donors (Lipinski definition) is 3. The summed E-state index contributed by atoms with van der Waals surface area (Å²) >= 11 is 0. The lowest BCUT2D eigenvalue weighted by atomic mass is 9.95. The zero-order valence-electron chi connectivity index (χ0n) is 17.3. The highest BCUT2D eigenvalue weighted by Crippen LogP contribution is 2.36. The lowest BCUT2D eigenvalue weighted by Gasteiger charge is -2.29. The van der Waals surface area contributed by atoms with Gasteiger partial charge >= 0.3 is 6.03 Å². The molecule has 2 aliphatic rings. The molecule has 4 amide bonds. The second-order valence-corrected chi connectivity index (χ2v) is 7.73. The Balaban J connectivity index is 1.51. The number of carbonyl (C=O) groups excluding carboxylic acids is 3. The number of nitrogen functional groups attached to an aromatic ring is 1. The molecule has 4 heterocycles. The van der Waals surface area contributed by atoms with Crippen molar-refractivity contribution in [3.8, 4) is 17.1 Å². The van der Waals surface area contributed by atoms with E-state index in [2.05, 4.69) is 15.6 Å². The second-order valence-electron chi connectivity index (χ2n) is 7.73. The molecule has 1 saturated heterocycles. The zero-order chi connectivity index (χ0) is 23.3. The Morgan fingerprint density at radius 1 is 1.21 bits per heavy atom. The van der Waals surface area contributed by atoms with Crippen molar-refractivity contribution in [3.63, 3.8) is 0 Å². The maximum Gasteiger partial charge on any atom is 0.322 e. The van der Waals surface area contributed by atoms with E-state index < -0.39 is 29.2 Å². The van der Waals surface area contributed by atoms with E-state index in [1.165, 1.54) is 30.3 Å². The Kier molecular flexibility index (Phi) is 4.55. The van der Waals surface area contributed by atoms with Gasteiger partial charge in [-0.3, -0.25) is 14.9 Å². The Morgan fingerprint density at radius 2 is 2.03 bits per heavy atom. The van der Waals surface area contributed by atoms with Crippen molar-refractivity contribution in [1.82, 2.24) is 20.5 Å². The van der Waals surface area contributed by atoms with Crippen molar-refractivity contribution >= 4 is 23.7 Å². The standard InChI is InChI=1S/C22H18FN5O5/c1-32-14-4-2-12-9-28(19(29)17(12)18(14)23)10-22(20(30)26-21(31)27-22)15-6-5-13(33-15)11-3-7-16(24)25-8-11/h2-8H,9-10H2,1H3,(H2,24,25)(H2,26,27,30,31). The van der Waals surface area contributed by atoms with Gasteiger partial charge in [-0.05, 0) is 35.9 Å². The van der Waals surface area contributed by atoms with Crippen LogP contribution in [0.5, 0.6) is 5.75 Å². The van der Waals surface area contributed by atoms with E-state index in [0.717, 1.165) is 0 Å². The number of imide groups is 1. The number of halogens is 1. The average molecular weight is 451 g/mol. The molecule has 4 N–H and O–H groups in total. The number of urea groups is 1. The van der Waals surface area contributed by atoms with Crippen molar-refractivity contribution in [1.29, 1.82) is 0 Å². The molecule has 1 unspecified atom stereocenters. The minimum atomic E-state index is -1.70. The van der Waals surface area contributed by atoms with Crippen LogP contribution in [0, 0.1) is 5.82 Å². The third kappa shape index (κ3) is 3.16. The van der Waals surface area contributed by atoms with Gasteiger partial charge in [-0.15, -0.1) is 0 Å². The molecule has 2 aromatic heterocycles. The van der Waals surface area contributed by atoms with Gasteiger partial charge in [0.05, 0.1) is 19.2 Å². The van der Waals surface area contributed by atoms with E-state index in [1.54, 1.807) is 24.3 Å². The van der Waals surface area contributed by atoms with Gasteiger partial charge in [0.25, 0.3) is 11.8 Å². The van der Waals surface area contributed by atoms with Crippen molar-refractivity contribution in [2.45, 2.75) is 12.1 Å². The van der Waals surface area contributed by atoms with Crippen LogP contribution in [0.25, 0.3) is 11.3 Å². The molecule has 10 nitrogen and oxygen atoms in total. The van der Waals surface area contributed by atoms with Gasteiger partial charge in [-0.2, -0.15) is 0 Å². The maximum atomic E-state index is 14.7. The molecule has 1 aromatic carbocycles. The van der Waals surface area contributed by atoms with E-state index in [9.17, 15) is 18.8 Å². The molecule has 168 valence electrons. The van der Waals surface area contributed by atoms with Gasteiger partial charge in [0.2, 0.25) is 0 Å². The summed E-state index contributed by atoms with van der Waals surface area (Å²) in [4.78, 5) is 43.3. The second kappa shape index (κ2) is 7.33. The van der Waals surface area contributed by atoms with E-state index in [1.807, 2.05) is 0 Å². The fourth-order valence-electron chi connectivity index (χ4n) is 4.09. The highest BCUT2D eigenvalue weighted by Gasteiger charge is 2.53. The molecule has 0 saturated carbocycles. The Labute approximate surface area is 186 Å². The van der Waals surface area contributed by atoms with E-state index in [0.29, 0.717) is 22.7 Å². The van der Waals surface area contributed by atoms with Crippen LogP contribution in [-0.2, 0) is 16.9 Å². The molecule has 2 aliphatic heterocycles. The number of nitrogens with zero attached hydrogens (tertiary/aromatic N) is 2. The lowest BCUT2D eigenvalue weighted by molar-refractivity contribution is -0.125. The molecule has 0 spiro atoms. The number of hydrogen-bond acceptors (Lipinski definition) is 7. The molecule has 0 bridgehead atoms. The van der Waals surface area contributed by atoms with E-state index in [-0.39, 0.29) is 30.2 Å². The molecular formula is C22H18FN5O5. The summed E-state index contributed by atoms with van der Waals surface area (Å²) in [5.41, 5.74) is 4.85. The molecule has 5 rings (SSSR count). The van der Waals surface area contributed by atoms with Crippen molar-refractivity contribution in [3.05, 3.63) is 65.3 Å². The summed E-state index contributed by atoms with van der Waals surface area (Å²) in [5.74, 6) is -1.31. The minimum Gasteiger partial charge on any atom is -0.494 e. The van der Waals surface area contributed by atoms with Crippen molar-refractivity contribution in [2.75, 3.05) is 19.4 Å². The number of amides is 4. The van der Waals surface area contributed by atoms with Gasteiger partial charge in [0.15, 0.2) is 17.1 Å². The number of rotatable bonds is 5. The van der Waals surface area contributed by atoms with Crippen molar-refractivity contribution in [2.24, 2.45) is 0 Å². The molecule has 11 heteroatoms. The van der Waals surface area contributed by atoms with E-state index in [4.69, 9.17) is 14.9 Å². The Hall–Kier alpha value is -4.41. The van der Waals surface area contributed by atoms with Gasteiger partial charge in [-0.25, -0.2) is 14.2 Å². The van der Waals surface area contributed by atoms with Crippen LogP contribution in [0.15, 0.2) is 47.0 Å². The number of carbonyl (C=O) groups is 3. The summed E-state index contributed by atoms with van der Waals surface area (Å²) < 4.78 is 25.6. The molecule has 1 fully saturated rings. The fourth-order valence-corrected chi connectivity index (χ4v) is 4.09. The summed E-state index contributed by atoms with van der Waals surface area (Å²) in [6, 6.07) is 8.74. The quantitative estimate of drug-likeness (QED) is 0.502. The third-order valence-corrected chi connectivity index (χ3v) is 5.74. The van der Waals surface area contributed by atoms with Gasteiger partial charge < -0.3 is 25.1 Å². The van der Waals surface area contributed by atoms with Crippen LogP contribution in [-0.4, -0.2) is 41.4 Å². The topological polar surface area (TPSA) is 140 Å². The largest absolute Gasteiger partial charge is 0.494 e. The molecule has 3 aromatic rings. The van der Waals surface area contributed by atoms with Crippen LogP contribution in [0.1, 0.15) is 21.7 Å². The van der Waals surface area contributed by atoms with Crippen LogP contribution >= 0.6 is 0 Å². The number of furan rings is 1. The highest BCUT2D eigenvalue weighted by atomic mass is 19.1. The first kappa shape index (κ1) is 20.5. The number of pyridine rings is 1. The van der Waals surface area contributed by atoms with Gasteiger partial charge in [-0.1, -0.05) is 6.07 Å². The Morgan fingerprint density at radius 3 is 2.70 bits per heavy atom. The number of benzene rings is 1. The van der Waals surface area contributed by atoms with Crippen LogP contribution in [0.2, 0.25) is 0 Å². The predicted octanol–water partition coefficient (Wildman–Crippen LogP) is 1.76. The summed E-state index contributed by atoms with van der Waals surface area (Å²) in [7, 11) is 1.31. The number of methoxy groups -OCH3 is 1. The number of ether oxygens (including phenoxy) is 1. The summed E-state index contributed by atoms with van der Waals surface area (Å²) in [6.07, 6.45) is 1.51. The number of nitrogens with two attached hydrogens (primary N) is 1. The first-order valence-corrected chi connectivity index (χ1v) is 9.93. The highest BCUT2D eigenvalue weighted by molar-refractivity contribution is 6.08. The first-order chi connectivity index (χ1) is 15.8. The normalized spacial score (nSPS) is 19.5. The van der Waals surface area contributed by atoms with Crippen LogP contribution in [0.3, 0.4) is 0 Å². The monoisotopic (exact) mass is 451 g/mol. The number of anilines is 1. The van der Waals surface area contributed by atoms with Gasteiger partial charge in [0.1, 0.15) is 17.3 Å². The SMILES string of the molecule is COc1ccc2c(c1F)C(=O)N(CC1(c3ccc(-c4ccc(N)nc4)o3)NC(=O)NC1=O)C2. The van der Waals surface area contributed by atoms with Crippen LogP contribution < -0.4 is 21.1 Å². The number of nitrogens with one attached hydrogen (secondary N) is 2. The first-order valence-electron chi connectivity index (χ1n) is 9.93. The smallest absolute Gasteiger partial charge is 0.322 e. The number of fused-ring (bicyclic) bond motifs is 1. The van der Waals surface area contributed by atoms with Crippen molar-refractivity contribution < 1.29 is 27.9 Å². The van der Waals surface area contributed by atoms with E-state index >= 15 is 0 Å². The Bertz CT molecular complexity index is 1310. The maximum absolute atomic E-state index is 14.7. The molecule has 0 aliphatic carbocycles. The van der Waals surface area contributed by atoms with Crippen LogP contribution in [0.4, 0.5) is 15.0 Å². The molecule has 0 radical (unpaired) electrons. The average Bonchev–Trinajstić information content (AvgIpc) is 3.47. The van der Waals surface area contributed by atoms with Gasteiger partial charge in [0, 0.05) is 18.3 Å². The summed E-state index contributed by atoms with van der Waals surface area (Å²) in [6.45, 7) is -0.220. The number of aromatic nitrogens is 1. The zero-order valence-corrected chi connectivity index (χ0v) is 17.3. The minimum absolute atomic E-state index is 0.0510. The summed E-state index contributed by atoms with van der Waals surface area (Å²) in [5, 5.41) is 4.77. The molecular weight excluding hydrogens is 433 g/mol. The molecule has 1 atom stereocenters. The predicted molar refractivity (Wildman–Crippen MR) is 112 cm³/mol. The lowest BCUT2D eigenvalue weighted by Crippen LogP contribution is -2.52. The third-order valence-electron chi connectivity index (χ3n) is 5.74.